The van der Waals surface area contributed by atoms with Gasteiger partial charge in [0.25, 0.3) is 0 Å². The Bertz CT molecular complexity index is 734. The molecule has 1 aliphatic heterocycles. The number of carboxylic acids is 1. The molecule has 158 valence electrons. The molecule has 1 aromatic carbocycles. The molecule has 0 spiro atoms. The lowest BCUT2D eigenvalue weighted by molar-refractivity contribution is -0.142. The maximum Gasteiger partial charge on any atom is 0.326 e. The van der Waals surface area contributed by atoms with E-state index in [4.69, 9.17) is 0 Å². The number of carboxylic acid groups (broad SMARTS) is 1. The zero-order valence-electron chi connectivity index (χ0n) is 16.6. The minimum Gasteiger partial charge on any atom is -0.480 e. The summed E-state index contributed by atoms with van der Waals surface area (Å²) >= 11 is 0. The second kappa shape index (κ2) is 10.6. The fourth-order valence-corrected chi connectivity index (χ4v) is 3.04. The van der Waals surface area contributed by atoms with Gasteiger partial charge in [-0.25, -0.2) is 4.79 Å². The van der Waals surface area contributed by atoms with E-state index in [0.717, 1.165) is 24.9 Å². The van der Waals surface area contributed by atoms with E-state index in [1.165, 1.54) is 13.8 Å². The lowest BCUT2D eigenvalue weighted by atomic mass is 10.1. The molecule has 1 heterocycles. The first-order valence-corrected chi connectivity index (χ1v) is 9.69. The third kappa shape index (κ3) is 6.86. The molecule has 0 aromatic heterocycles. The molecule has 4 atom stereocenters. The highest BCUT2D eigenvalue weighted by atomic mass is 16.4. The predicted molar refractivity (Wildman–Crippen MR) is 106 cm³/mol. The molecule has 29 heavy (non-hydrogen) atoms. The molecule has 1 aliphatic rings. The molecule has 9 heteroatoms. The average molecular weight is 404 g/mol. The molecular weight excluding hydrogens is 376 g/mol. The summed E-state index contributed by atoms with van der Waals surface area (Å²) in [6, 6.07) is 5.75. The normalized spacial score (nSPS) is 18.9. The van der Waals surface area contributed by atoms with Crippen LogP contribution in [0.15, 0.2) is 30.3 Å². The SMILES string of the molecule is C[C@H](NC(=O)[C@H](C)NC(=O)[C@@H]1CCCN1)C(=O)N[C@@H](Cc1ccccc1)C(=O)O. The van der Waals surface area contributed by atoms with Crippen molar-refractivity contribution in [3.05, 3.63) is 35.9 Å². The Hall–Kier alpha value is -2.94. The van der Waals surface area contributed by atoms with Crippen LogP contribution < -0.4 is 21.3 Å². The molecule has 0 unspecified atom stereocenters. The van der Waals surface area contributed by atoms with Crippen molar-refractivity contribution in [1.29, 1.82) is 0 Å². The van der Waals surface area contributed by atoms with Crippen molar-refractivity contribution in [1.82, 2.24) is 21.3 Å². The highest BCUT2D eigenvalue weighted by Gasteiger charge is 2.28. The third-order valence-corrected chi connectivity index (χ3v) is 4.78. The Morgan fingerprint density at radius 2 is 1.66 bits per heavy atom. The van der Waals surface area contributed by atoms with E-state index >= 15 is 0 Å². The van der Waals surface area contributed by atoms with Crippen molar-refractivity contribution in [2.75, 3.05) is 6.54 Å². The molecule has 0 radical (unpaired) electrons. The summed E-state index contributed by atoms with van der Waals surface area (Å²) in [6.45, 7) is 3.76. The van der Waals surface area contributed by atoms with Gasteiger partial charge in [-0.05, 0) is 38.8 Å². The van der Waals surface area contributed by atoms with Gasteiger partial charge in [-0.1, -0.05) is 30.3 Å². The van der Waals surface area contributed by atoms with E-state index in [2.05, 4.69) is 21.3 Å². The minimum absolute atomic E-state index is 0.128. The van der Waals surface area contributed by atoms with E-state index in [1.54, 1.807) is 24.3 Å². The van der Waals surface area contributed by atoms with Crippen molar-refractivity contribution in [2.24, 2.45) is 0 Å². The number of rotatable bonds is 9. The lowest BCUT2D eigenvalue weighted by Crippen LogP contribution is -2.55. The Morgan fingerprint density at radius 1 is 1.03 bits per heavy atom. The summed E-state index contributed by atoms with van der Waals surface area (Å²) in [6.07, 6.45) is 1.75. The fourth-order valence-electron chi connectivity index (χ4n) is 3.04. The standard InChI is InChI=1S/C20H28N4O5/c1-12(23-19(27)15-9-6-10-21-15)17(25)22-13(2)18(26)24-16(20(28)29)11-14-7-4-3-5-8-14/h3-5,7-8,12-13,15-16,21H,6,9-11H2,1-2H3,(H,22,25)(H,23,27)(H,24,26)(H,28,29)/t12-,13-,15-,16-/m0/s1. The zero-order valence-corrected chi connectivity index (χ0v) is 16.6. The topological polar surface area (TPSA) is 137 Å². The monoisotopic (exact) mass is 404 g/mol. The maximum atomic E-state index is 12.4. The summed E-state index contributed by atoms with van der Waals surface area (Å²) in [5, 5.41) is 20.0. The summed E-state index contributed by atoms with van der Waals surface area (Å²) < 4.78 is 0. The van der Waals surface area contributed by atoms with Crippen molar-refractivity contribution in [2.45, 2.75) is 57.3 Å². The predicted octanol–water partition coefficient (Wildman–Crippen LogP) is -0.440. The van der Waals surface area contributed by atoms with Gasteiger partial charge in [0.2, 0.25) is 17.7 Å². The number of hydrogen-bond acceptors (Lipinski definition) is 5. The van der Waals surface area contributed by atoms with Crippen LogP contribution in [-0.2, 0) is 25.6 Å². The van der Waals surface area contributed by atoms with Gasteiger partial charge in [0, 0.05) is 6.42 Å². The van der Waals surface area contributed by atoms with Gasteiger partial charge in [-0.15, -0.1) is 0 Å². The average Bonchev–Trinajstić information content (AvgIpc) is 3.22. The molecule has 0 saturated carbocycles. The van der Waals surface area contributed by atoms with E-state index in [9.17, 15) is 24.3 Å². The highest BCUT2D eigenvalue weighted by molar-refractivity contribution is 5.93. The first-order valence-electron chi connectivity index (χ1n) is 9.69. The van der Waals surface area contributed by atoms with Crippen LogP contribution in [0.4, 0.5) is 0 Å². The highest BCUT2D eigenvalue weighted by Crippen LogP contribution is 2.06. The van der Waals surface area contributed by atoms with E-state index < -0.39 is 35.9 Å². The number of hydrogen-bond donors (Lipinski definition) is 5. The molecule has 0 bridgehead atoms. The van der Waals surface area contributed by atoms with E-state index in [-0.39, 0.29) is 18.4 Å². The second-order valence-electron chi connectivity index (χ2n) is 7.20. The van der Waals surface area contributed by atoms with Crippen LogP contribution >= 0.6 is 0 Å². The number of benzene rings is 1. The summed E-state index contributed by atoms with van der Waals surface area (Å²) in [4.78, 5) is 48.2. The number of aliphatic carboxylic acids is 1. The van der Waals surface area contributed by atoms with Crippen LogP contribution in [0.5, 0.6) is 0 Å². The van der Waals surface area contributed by atoms with Crippen molar-refractivity contribution < 1.29 is 24.3 Å². The van der Waals surface area contributed by atoms with Gasteiger partial charge >= 0.3 is 5.97 Å². The molecule has 3 amide bonds. The van der Waals surface area contributed by atoms with Gasteiger partial charge in [0.05, 0.1) is 6.04 Å². The summed E-state index contributed by atoms with van der Waals surface area (Å²) in [5.74, 6) is -2.55. The largest absolute Gasteiger partial charge is 0.480 e. The quantitative estimate of drug-likeness (QED) is 0.378. The first-order chi connectivity index (χ1) is 13.8. The summed E-state index contributed by atoms with van der Waals surface area (Å²) in [7, 11) is 0. The molecule has 1 aromatic rings. The van der Waals surface area contributed by atoms with Gasteiger partial charge in [0.15, 0.2) is 0 Å². The Kier molecular flexibility index (Phi) is 8.14. The second-order valence-corrected chi connectivity index (χ2v) is 7.20. The van der Waals surface area contributed by atoms with Gasteiger partial charge < -0.3 is 26.4 Å². The first kappa shape index (κ1) is 22.4. The van der Waals surface area contributed by atoms with Gasteiger partial charge in [0.1, 0.15) is 18.1 Å². The van der Waals surface area contributed by atoms with Crippen molar-refractivity contribution in [3.8, 4) is 0 Å². The van der Waals surface area contributed by atoms with E-state index in [0.29, 0.717) is 0 Å². The number of carbonyl (C=O) groups is 4. The third-order valence-electron chi connectivity index (χ3n) is 4.78. The molecule has 1 fully saturated rings. The molecule has 9 nitrogen and oxygen atoms in total. The van der Waals surface area contributed by atoms with Crippen molar-refractivity contribution in [3.63, 3.8) is 0 Å². The van der Waals surface area contributed by atoms with Crippen LogP contribution in [0.3, 0.4) is 0 Å². The minimum atomic E-state index is -1.16. The molecule has 2 rings (SSSR count). The lowest BCUT2D eigenvalue weighted by Gasteiger charge is -2.21. The molecular formula is C20H28N4O5. The van der Waals surface area contributed by atoms with Crippen LogP contribution in [0.25, 0.3) is 0 Å². The smallest absolute Gasteiger partial charge is 0.326 e. The Balaban J connectivity index is 1.84. The molecule has 1 saturated heterocycles. The van der Waals surface area contributed by atoms with Crippen LogP contribution in [0.1, 0.15) is 32.3 Å². The van der Waals surface area contributed by atoms with Crippen LogP contribution in [-0.4, -0.2) is 59.5 Å². The van der Waals surface area contributed by atoms with E-state index in [1.807, 2.05) is 6.07 Å². The van der Waals surface area contributed by atoms with Crippen LogP contribution in [0.2, 0.25) is 0 Å². The number of carbonyl (C=O) groups excluding carboxylic acids is 3. The van der Waals surface area contributed by atoms with Gasteiger partial charge in [-0.2, -0.15) is 0 Å². The van der Waals surface area contributed by atoms with Gasteiger partial charge in [-0.3, -0.25) is 14.4 Å². The number of nitrogens with one attached hydrogen (secondary N) is 4. The Labute approximate surface area is 169 Å². The molecule has 5 N–H and O–H groups in total. The van der Waals surface area contributed by atoms with Crippen LogP contribution in [0, 0.1) is 0 Å². The summed E-state index contributed by atoms with van der Waals surface area (Å²) in [5.41, 5.74) is 0.772. The Morgan fingerprint density at radius 3 is 2.24 bits per heavy atom. The molecule has 0 aliphatic carbocycles. The van der Waals surface area contributed by atoms with Crippen molar-refractivity contribution >= 4 is 23.7 Å². The number of amides is 3. The zero-order chi connectivity index (χ0) is 21.4. The maximum absolute atomic E-state index is 12.4. The fraction of sp³-hybridized carbons (Fsp3) is 0.500.